The Morgan fingerprint density at radius 2 is 1.79 bits per heavy atom. The van der Waals surface area contributed by atoms with Crippen LogP contribution in [0, 0.1) is 11.6 Å². The van der Waals surface area contributed by atoms with Crippen LogP contribution in [-0.4, -0.2) is 18.0 Å². The molecule has 0 unspecified atom stereocenters. The van der Waals surface area contributed by atoms with Gasteiger partial charge < -0.3 is 10.1 Å². The largest absolute Gasteiger partial charge is 0.449 e. The fraction of sp³-hybridized carbons (Fsp3) is 0.176. The molecule has 1 amide bonds. The van der Waals surface area contributed by atoms with Crippen LogP contribution >= 0.6 is 11.6 Å². The van der Waals surface area contributed by atoms with E-state index in [2.05, 4.69) is 5.32 Å². The zero-order valence-electron chi connectivity index (χ0n) is 12.7. The van der Waals surface area contributed by atoms with Crippen molar-refractivity contribution in [2.75, 3.05) is 0 Å². The lowest BCUT2D eigenvalue weighted by atomic mass is 10.2. The van der Waals surface area contributed by atoms with Gasteiger partial charge in [0, 0.05) is 6.54 Å². The first kappa shape index (κ1) is 17.9. The Labute approximate surface area is 142 Å². The lowest BCUT2D eigenvalue weighted by Gasteiger charge is -2.14. The van der Waals surface area contributed by atoms with E-state index in [0.29, 0.717) is 12.1 Å². The molecule has 1 N–H and O–H groups in total. The third-order valence-corrected chi connectivity index (χ3v) is 3.51. The van der Waals surface area contributed by atoms with Gasteiger partial charge in [-0.25, -0.2) is 13.6 Å². The molecule has 0 radical (unpaired) electrons. The van der Waals surface area contributed by atoms with E-state index < -0.39 is 29.6 Å². The van der Waals surface area contributed by atoms with Crippen LogP contribution in [0.2, 0.25) is 5.02 Å². The van der Waals surface area contributed by atoms with E-state index in [1.54, 1.807) is 0 Å². The van der Waals surface area contributed by atoms with E-state index in [4.69, 9.17) is 16.3 Å². The zero-order valence-corrected chi connectivity index (χ0v) is 13.4. The van der Waals surface area contributed by atoms with Crippen LogP contribution in [0.5, 0.6) is 0 Å². The molecule has 0 bridgehead atoms. The number of ether oxygens (including phenoxy) is 1. The number of halogens is 3. The maximum atomic E-state index is 13.2. The van der Waals surface area contributed by atoms with Crippen molar-refractivity contribution < 1.29 is 23.1 Å². The van der Waals surface area contributed by atoms with Gasteiger partial charge in [0.25, 0.3) is 5.91 Å². The summed E-state index contributed by atoms with van der Waals surface area (Å²) in [5, 5.41) is 2.31. The van der Waals surface area contributed by atoms with Crippen molar-refractivity contribution in [2.45, 2.75) is 19.6 Å². The first-order valence-corrected chi connectivity index (χ1v) is 7.43. The van der Waals surface area contributed by atoms with Crippen molar-refractivity contribution in [2.24, 2.45) is 0 Å². The van der Waals surface area contributed by atoms with Gasteiger partial charge in [0.1, 0.15) is 0 Å². The summed E-state index contributed by atoms with van der Waals surface area (Å²) in [6.45, 7) is 1.64. The van der Waals surface area contributed by atoms with Gasteiger partial charge in [-0.3, -0.25) is 4.79 Å². The summed E-state index contributed by atoms with van der Waals surface area (Å²) >= 11 is 5.69. The standard InChI is InChI=1S/C17H14ClF2NO3/c1-10(16(22)21-9-11-5-3-2-4-6-11)24-17(23)12-7-14(19)15(20)8-13(12)18/h2-8,10H,9H2,1H3,(H,21,22)/t10-/m1/s1. The highest BCUT2D eigenvalue weighted by Crippen LogP contribution is 2.21. The summed E-state index contributed by atoms with van der Waals surface area (Å²) in [7, 11) is 0. The van der Waals surface area contributed by atoms with Crippen molar-refractivity contribution in [1.82, 2.24) is 5.32 Å². The van der Waals surface area contributed by atoms with E-state index in [0.717, 1.165) is 5.56 Å². The molecule has 2 aromatic carbocycles. The van der Waals surface area contributed by atoms with Gasteiger partial charge in [-0.05, 0) is 24.6 Å². The van der Waals surface area contributed by atoms with Crippen LogP contribution in [0.3, 0.4) is 0 Å². The fourth-order valence-electron chi connectivity index (χ4n) is 1.89. The minimum atomic E-state index is -1.23. The van der Waals surface area contributed by atoms with Gasteiger partial charge in [-0.1, -0.05) is 41.9 Å². The monoisotopic (exact) mass is 353 g/mol. The summed E-state index contributed by atoms with van der Waals surface area (Å²) in [6, 6.07) is 10.5. The first-order valence-electron chi connectivity index (χ1n) is 7.05. The van der Waals surface area contributed by atoms with E-state index in [9.17, 15) is 18.4 Å². The second-order valence-corrected chi connectivity index (χ2v) is 5.40. The molecule has 0 aromatic heterocycles. The molecule has 0 aliphatic carbocycles. The molecule has 2 rings (SSSR count). The first-order chi connectivity index (χ1) is 11.4. The van der Waals surface area contributed by atoms with Crippen molar-refractivity contribution in [3.05, 3.63) is 70.2 Å². The maximum Gasteiger partial charge on any atom is 0.340 e. The number of hydrogen-bond donors (Lipinski definition) is 1. The summed E-state index contributed by atoms with van der Waals surface area (Å²) in [5.74, 6) is -3.94. The van der Waals surface area contributed by atoms with E-state index in [-0.39, 0.29) is 17.1 Å². The molecule has 2 aromatic rings. The third kappa shape index (κ3) is 4.52. The van der Waals surface area contributed by atoms with E-state index >= 15 is 0 Å². The van der Waals surface area contributed by atoms with Crippen LogP contribution in [0.25, 0.3) is 0 Å². The quantitative estimate of drug-likeness (QED) is 0.661. The van der Waals surface area contributed by atoms with Gasteiger partial charge in [-0.2, -0.15) is 0 Å². The Morgan fingerprint density at radius 1 is 1.17 bits per heavy atom. The van der Waals surface area contributed by atoms with E-state index in [1.165, 1.54) is 6.92 Å². The minimum Gasteiger partial charge on any atom is -0.449 e. The number of carbonyl (C=O) groups excluding carboxylic acids is 2. The van der Waals surface area contributed by atoms with Crippen LogP contribution in [0.1, 0.15) is 22.8 Å². The molecule has 7 heteroatoms. The molecule has 0 heterocycles. The normalized spacial score (nSPS) is 11.7. The highest BCUT2D eigenvalue weighted by molar-refractivity contribution is 6.33. The topological polar surface area (TPSA) is 55.4 Å². The highest BCUT2D eigenvalue weighted by Gasteiger charge is 2.22. The van der Waals surface area contributed by atoms with Gasteiger partial charge in [-0.15, -0.1) is 0 Å². The SMILES string of the molecule is C[C@@H](OC(=O)c1cc(F)c(F)cc1Cl)C(=O)NCc1ccccc1. The predicted molar refractivity (Wildman–Crippen MR) is 84.5 cm³/mol. The summed E-state index contributed by atoms with van der Waals surface area (Å²) < 4.78 is 31.1. The second-order valence-electron chi connectivity index (χ2n) is 5.00. The van der Waals surface area contributed by atoms with Gasteiger partial charge in [0.15, 0.2) is 17.7 Å². The molecule has 0 fully saturated rings. The molecule has 126 valence electrons. The van der Waals surface area contributed by atoms with E-state index in [1.807, 2.05) is 30.3 Å². The molecule has 0 aliphatic rings. The zero-order chi connectivity index (χ0) is 17.7. The maximum absolute atomic E-state index is 13.2. The number of carbonyl (C=O) groups is 2. The van der Waals surface area contributed by atoms with Crippen molar-refractivity contribution in [3.63, 3.8) is 0 Å². The highest BCUT2D eigenvalue weighted by atomic mass is 35.5. The second kappa shape index (κ2) is 7.88. The van der Waals surface area contributed by atoms with Gasteiger partial charge in [0.05, 0.1) is 10.6 Å². The Bertz CT molecular complexity index is 753. The van der Waals surface area contributed by atoms with Crippen molar-refractivity contribution >= 4 is 23.5 Å². The van der Waals surface area contributed by atoms with Crippen molar-refractivity contribution in [3.8, 4) is 0 Å². The lowest BCUT2D eigenvalue weighted by Crippen LogP contribution is -2.35. The van der Waals surface area contributed by atoms with Crippen LogP contribution in [0.4, 0.5) is 8.78 Å². The molecular weight excluding hydrogens is 340 g/mol. The molecule has 4 nitrogen and oxygen atoms in total. The molecule has 0 saturated carbocycles. The van der Waals surface area contributed by atoms with Gasteiger partial charge >= 0.3 is 5.97 Å². The molecule has 0 aliphatic heterocycles. The van der Waals surface area contributed by atoms with Crippen LogP contribution in [-0.2, 0) is 16.1 Å². The van der Waals surface area contributed by atoms with Gasteiger partial charge in [0.2, 0.25) is 0 Å². The number of amides is 1. The minimum absolute atomic E-state index is 0.271. The molecule has 24 heavy (non-hydrogen) atoms. The number of hydrogen-bond acceptors (Lipinski definition) is 3. The fourth-order valence-corrected chi connectivity index (χ4v) is 2.11. The summed E-state index contributed by atoms with van der Waals surface area (Å²) in [4.78, 5) is 23.9. The Balaban J connectivity index is 1.96. The van der Waals surface area contributed by atoms with Crippen LogP contribution < -0.4 is 5.32 Å². The van der Waals surface area contributed by atoms with Crippen LogP contribution in [0.15, 0.2) is 42.5 Å². The Morgan fingerprint density at radius 3 is 2.46 bits per heavy atom. The Kier molecular flexibility index (Phi) is 5.87. The molecule has 1 atom stereocenters. The third-order valence-electron chi connectivity index (χ3n) is 3.19. The average Bonchev–Trinajstić information content (AvgIpc) is 2.56. The number of rotatable bonds is 5. The predicted octanol–water partition coefficient (Wildman–Crippen LogP) is 3.48. The Hall–Kier alpha value is -2.47. The molecule has 0 saturated heterocycles. The average molecular weight is 354 g/mol. The molecule has 0 spiro atoms. The number of esters is 1. The summed E-state index contributed by atoms with van der Waals surface area (Å²) in [5.41, 5.74) is 0.534. The number of nitrogens with one attached hydrogen (secondary N) is 1. The lowest BCUT2D eigenvalue weighted by molar-refractivity contribution is -0.129. The molecular formula is C17H14ClF2NO3. The smallest absolute Gasteiger partial charge is 0.340 e. The van der Waals surface area contributed by atoms with Crippen molar-refractivity contribution in [1.29, 1.82) is 0 Å². The number of benzene rings is 2. The summed E-state index contributed by atoms with van der Waals surface area (Å²) in [6.07, 6.45) is -1.12.